The number of fused-ring (bicyclic) bond motifs is 1. The molecular weight excluding hydrogens is 444 g/mol. The maximum atomic E-state index is 12.5. The molecule has 0 spiro atoms. The Kier molecular flexibility index (Phi) is 6.42. The monoisotopic (exact) mass is 466 g/mol. The molecule has 10 heteroatoms. The Bertz CT molecular complexity index is 1280. The van der Waals surface area contributed by atoms with E-state index in [0.717, 1.165) is 44.8 Å². The lowest BCUT2D eigenvalue weighted by Gasteiger charge is -2.14. The van der Waals surface area contributed by atoms with E-state index < -0.39 is 0 Å². The number of ether oxygens (including phenoxy) is 1. The summed E-state index contributed by atoms with van der Waals surface area (Å²) in [5.41, 5.74) is 3.21. The van der Waals surface area contributed by atoms with Crippen molar-refractivity contribution in [2.24, 2.45) is 0 Å². The molecule has 4 rings (SSSR count). The van der Waals surface area contributed by atoms with Crippen molar-refractivity contribution >= 4 is 45.2 Å². The Morgan fingerprint density at radius 2 is 1.94 bits per heavy atom. The molecule has 164 valence electrons. The van der Waals surface area contributed by atoms with Crippen molar-refractivity contribution in [3.8, 4) is 16.3 Å². The minimum Gasteiger partial charge on any atom is -0.494 e. The highest BCUT2D eigenvalue weighted by molar-refractivity contribution is 7.80. The summed E-state index contributed by atoms with van der Waals surface area (Å²) in [5, 5.41) is 19.6. The first kappa shape index (κ1) is 21.8. The van der Waals surface area contributed by atoms with Crippen molar-refractivity contribution in [3.05, 3.63) is 59.4 Å². The molecule has 0 bridgehead atoms. The molecule has 0 aliphatic carbocycles. The number of thiocarbonyl (C=S) groups is 1. The predicted octanol–water partition coefficient (Wildman–Crippen LogP) is 4.39. The van der Waals surface area contributed by atoms with E-state index in [0.29, 0.717) is 12.2 Å². The zero-order chi connectivity index (χ0) is 22.7. The molecule has 0 radical (unpaired) electrons. The highest BCUT2D eigenvalue weighted by atomic mass is 32.1. The number of amides is 1. The highest BCUT2D eigenvalue weighted by Crippen LogP contribution is 2.31. The van der Waals surface area contributed by atoms with Crippen LogP contribution in [-0.2, 0) is 0 Å². The summed E-state index contributed by atoms with van der Waals surface area (Å²) >= 11 is 6.83. The number of nitrogens with one attached hydrogen (secondary N) is 2. The molecule has 0 fully saturated rings. The van der Waals surface area contributed by atoms with Crippen LogP contribution >= 0.6 is 23.6 Å². The maximum absolute atomic E-state index is 12.5. The molecule has 2 aromatic heterocycles. The number of anilines is 1. The summed E-state index contributed by atoms with van der Waals surface area (Å²) in [6, 6.07) is 12.8. The lowest BCUT2D eigenvalue weighted by molar-refractivity contribution is 0.0977. The van der Waals surface area contributed by atoms with Gasteiger partial charge in [-0.2, -0.15) is 9.61 Å². The van der Waals surface area contributed by atoms with Crippen molar-refractivity contribution in [2.45, 2.75) is 27.2 Å². The first-order valence-corrected chi connectivity index (χ1v) is 11.3. The van der Waals surface area contributed by atoms with Crippen LogP contribution in [0.2, 0.25) is 0 Å². The number of benzene rings is 2. The van der Waals surface area contributed by atoms with Crippen LogP contribution in [-0.4, -0.2) is 37.4 Å². The molecule has 2 heterocycles. The number of aryl methyl sites for hydroxylation is 1. The number of hydrogen-bond donors (Lipinski definition) is 2. The molecule has 1 amide bonds. The lowest BCUT2D eigenvalue weighted by Crippen LogP contribution is -2.34. The summed E-state index contributed by atoms with van der Waals surface area (Å²) in [4.78, 5) is 13.3. The van der Waals surface area contributed by atoms with Gasteiger partial charge in [-0.05, 0) is 68.4 Å². The van der Waals surface area contributed by atoms with Crippen LogP contribution in [0.5, 0.6) is 5.75 Å². The standard InChI is InChI=1S/C22H22N6O2S2/c1-4-12-30-16-10-8-15(9-11-16)19(29)24-21(31)23-18-7-5-6-17(13(18)2)20-27-28-14(3)25-26-22(28)32-20/h5-11H,4,12H2,1-3H3,(H2,23,24,29,31). The smallest absolute Gasteiger partial charge is 0.257 e. The van der Waals surface area contributed by atoms with Gasteiger partial charge in [0, 0.05) is 16.8 Å². The second-order valence-electron chi connectivity index (χ2n) is 7.11. The fraction of sp³-hybridized carbons (Fsp3) is 0.227. The summed E-state index contributed by atoms with van der Waals surface area (Å²) in [5.74, 6) is 1.18. The average molecular weight is 467 g/mol. The number of rotatable bonds is 6. The molecule has 8 nitrogen and oxygen atoms in total. The summed E-state index contributed by atoms with van der Waals surface area (Å²) in [7, 11) is 0. The van der Waals surface area contributed by atoms with Crippen LogP contribution < -0.4 is 15.4 Å². The zero-order valence-electron chi connectivity index (χ0n) is 17.9. The summed E-state index contributed by atoms with van der Waals surface area (Å²) < 4.78 is 7.27. The van der Waals surface area contributed by atoms with Crippen LogP contribution in [0, 0.1) is 13.8 Å². The van der Waals surface area contributed by atoms with Crippen LogP contribution in [0.3, 0.4) is 0 Å². The van der Waals surface area contributed by atoms with Gasteiger partial charge in [-0.25, -0.2) is 0 Å². The molecule has 2 aromatic carbocycles. The van der Waals surface area contributed by atoms with Crippen molar-refractivity contribution in [2.75, 3.05) is 11.9 Å². The van der Waals surface area contributed by atoms with Gasteiger partial charge < -0.3 is 10.1 Å². The quantitative estimate of drug-likeness (QED) is 0.407. The molecule has 4 aromatic rings. The first-order chi connectivity index (χ1) is 15.5. The third-order valence-corrected chi connectivity index (χ3v) is 5.91. The van der Waals surface area contributed by atoms with Gasteiger partial charge >= 0.3 is 0 Å². The van der Waals surface area contributed by atoms with Crippen LogP contribution in [0.15, 0.2) is 42.5 Å². The molecule has 0 saturated carbocycles. The first-order valence-electron chi connectivity index (χ1n) is 10.1. The van der Waals surface area contributed by atoms with Crippen molar-refractivity contribution in [3.63, 3.8) is 0 Å². The molecule has 32 heavy (non-hydrogen) atoms. The van der Waals surface area contributed by atoms with Gasteiger partial charge in [0.15, 0.2) is 10.9 Å². The van der Waals surface area contributed by atoms with Crippen molar-refractivity contribution in [1.82, 2.24) is 25.1 Å². The van der Waals surface area contributed by atoms with Crippen LogP contribution in [0.1, 0.15) is 35.1 Å². The number of aromatic nitrogens is 4. The number of carbonyl (C=O) groups is 1. The Hall–Kier alpha value is -3.37. The summed E-state index contributed by atoms with van der Waals surface area (Å²) in [6.45, 7) is 6.52. The van der Waals surface area contributed by atoms with Crippen LogP contribution in [0.4, 0.5) is 5.69 Å². The van der Waals surface area contributed by atoms with Gasteiger partial charge in [-0.15, -0.1) is 10.2 Å². The Morgan fingerprint density at radius 3 is 2.66 bits per heavy atom. The van der Waals surface area contributed by atoms with E-state index in [1.807, 2.05) is 39.0 Å². The molecule has 0 aliphatic rings. The topological polar surface area (TPSA) is 93.4 Å². The predicted molar refractivity (Wildman–Crippen MR) is 129 cm³/mol. The zero-order valence-corrected chi connectivity index (χ0v) is 19.5. The largest absolute Gasteiger partial charge is 0.494 e. The van der Waals surface area contributed by atoms with Crippen molar-refractivity contribution in [1.29, 1.82) is 0 Å². The van der Waals surface area contributed by atoms with Gasteiger partial charge in [0.2, 0.25) is 4.96 Å². The molecule has 0 atom stereocenters. The number of hydrogen-bond acceptors (Lipinski definition) is 7. The second kappa shape index (κ2) is 9.41. The highest BCUT2D eigenvalue weighted by Gasteiger charge is 2.15. The fourth-order valence-corrected chi connectivity index (χ4v) is 4.25. The van der Waals surface area contributed by atoms with Crippen molar-refractivity contribution < 1.29 is 9.53 Å². The molecule has 0 aliphatic heterocycles. The van der Waals surface area contributed by atoms with Gasteiger partial charge in [0.25, 0.3) is 5.91 Å². The van der Waals surface area contributed by atoms with Crippen LogP contribution in [0.25, 0.3) is 15.5 Å². The molecular formula is C22H22N6O2S2. The molecule has 0 saturated heterocycles. The van der Waals surface area contributed by atoms with E-state index in [1.165, 1.54) is 11.3 Å². The maximum Gasteiger partial charge on any atom is 0.257 e. The third kappa shape index (κ3) is 4.61. The number of carbonyl (C=O) groups excluding carboxylic acids is 1. The second-order valence-corrected chi connectivity index (χ2v) is 8.47. The Labute approximate surface area is 194 Å². The minimum atomic E-state index is -0.289. The van der Waals surface area contributed by atoms with Gasteiger partial charge in [-0.1, -0.05) is 30.4 Å². The average Bonchev–Trinajstić information content (AvgIpc) is 3.36. The van der Waals surface area contributed by atoms with E-state index >= 15 is 0 Å². The summed E-state index contributed by atoms with van der Waals surface area (Å²) in [6.07, 6.45) is 0.926. The van der Waals surface area contributed by atoms with E-state index in [-0.39, 0.29) is 11.0 Å². The lowest BCUT2D eigenvalue weighted by atomic mass is 10.1. The third-order valence-electron chi connectivity index (χ3n) is 4.78. The van der Waals surface area contributed by atoms with E-state index in [1.54, 1.807) is 28.8 Å². The molecule has 2 N–H and O–H groups in total. The van der Waals surface area contributed by atoms with E-state index in [2.05, 4.69) is 25.9 Å². The van der Waals surface area contributed by atoms with Gasteiger partial charge in [0.1, 0.15) is 10.8 Å². The SMILES string of the molecule is CCCOc1ccc(C(=O)NC(=S)Nc2cccc(-c3nn4c(C)nnc4s3)c2C)cc1. The molecule has 0 unspecified atom stereocenters. The van der Waals surface area contributed by atoms with E-state index in [9.17, 15) is 4.79 Å². The number of nitrogens with zero attached hydrogens (tertiary/aromatic N) is 4. The van der Waals surface area contributed by atoms with E-state index in [4.69, 9.17) is 17.0 Å². The Balaban J connectivity index is 1.45. The normalized spacial score (nSPS) is 10.8. The fourth-order valence-electron chi connectivity index (χ4n) is 3.08. The Morgan fingerprint density at radius 1 is 1.16 bits per heavy atom. The minimum absolute atomic E-state index is 0.218. The van der Waals surface area contributed by atoms with Gasteiger partial charge in [-0.3, -0.25) is 10.1 Å². The van der Waals surface area contributed by atoms with Gasteiger partial charge in [0.05, 0.1) is 6.61 Å².